The molecule has 0 aliphatic rings. The topological polar surface area (TPSA) is 38.9 Å². The maximum Gasteiger partial charge on any atom is 0.127 e. The van der Waals surface area contributed by atoms with E-state index in [2.05, 4.69) is 11.2 Å². The third-order valence-electron chi connectivity index (χ3n) is 1.57. The van der Waals surface area contributed by atoms with Gasteiger partial charge in [-0.15, -0.1) is 0 Å². The van der Waals surface area contributed by atoms with Crippen LogP contribution < -0.4 is 5.73 Å². The molecule has 0 unspecified atom stereocenters. The zero-order valence-corrected chi connectivity index (χ0v) is 8.19. The highest BCUT2D eigenvalue weighted by Crippen LogP contribution is 2.26. The van der Waals surface area contributed by atoms with Crippen LogP contribution in [0, 0.1) is 6.20 Å². The zero-order valence-electron chi connectivity index (χ0n) is 6.62. The van der Waals surface area contributed by atoms with Gasteiger partial charge in [0.15, 0.2) is 0 Å². The molecule has 0 atom stereocenters. The highest BCUT2D eigenvalue weighted by atomic mass is 35.5. The van der Waals surface area contributed by atoms with Crippen molar-refractivity contribution in [3.63, 3.8) is 0 Å². The van der Waals surface area contributed by atoms with Crippen molar-refractivity contribution in [2.24, 2.45) is 0 Å². The first-order valence-corrected chi connectivity index (χ1v) is 4.85. The molecule has 1 aromatic carbocycles. The second-order valence-electron chi connectivity index (χ2n) is 2.50. The number of benzene rings is 1. The van der Waals surface area contributed by atoms with Crippen molar-refractivity contribution >= 4 is 27.9 Å². The number of rotatable bonds is 1. The number of nitrogens with two attached hydrogens (primary N) is 1. The van der Waals surface area contributed by atoms with Gasteiger partial charge in [0, 0.05) is 10.6 Å². The predicted molar refractivity (Wildman–Crippen MR) is 55.8 cm³/mol. The first kappa shape index (κ1) is 8.53. The van der Waals surface area contributed by atoms with Gasteiger partial charge in [0.25, 0.3) is 0 Å². The summed E-state index contributed by atoms with van der Waals surface area (Å²) in [5, 5.41) is 2.19. The molecule has 2 nitrogen and oxygen atoms in total. The molecule has 1 aromatic heterocycles. The minimum absolute atomic E-state index is 0.602. The van der Waals surface area contributed by atoms with Gasteiger partial charge in [-0.3, -0.25) is 0 Å². The lowest BCUT2D eigenvalue weighted by molar-refractivity contribution is 1.40. The van der Waals surface area contributed by atoms with Crippen LogP contribution in [0.1, 0.15) is 0 Å². The molecule has 4 heteroatoms. The number of nitrogens with zero attached hydrogens (tertiary/aromatic N) is 1. The molecule has 0 aliphatic carbocycles. The van der Waals surface area contributed by atoms with Gasteiger partial charge in [0.2, 0.25) is 0 Å². The van der Waals surface area contributed by atoms with E-state index in [9.17, 15) is 0 Å². The normalized spacial score (nSPS) is 10.2. The van der Waals surface area contributed by atoms with Crippen LogP contribution in [-0.2, 0) is 0 Å². The van der Waals surface area contributed by atoms with Gasteiger partial charge < -0.3 is 5.73 Å². The molecule has 1 radical (unpaired) electrons. The quantitative estimate of drug-likeness (QED) is 0.785. The van der Waals surface area contributed by atoms with Crippen molar-refractivity contribution in [2.75, 3.05) is 5.73 Å². The highest BCUT2D eigenvalue weighted by Gasteiger charge is 2.02. The molecule has 0 saturated heterocycles. The smallest absolute Gasteiger partial charge is 0.127 e. The van der Waals surface area contributed by atoms with Crippen LogP contribution in [0.3, 0.4) is 0 Å². The summed E-state index contributed by atoms with van der Waals surface area (Å²) in [5.41, 5.74) is 6.54. The summed E-state index contributed by atoms with van der Waals surface area (Å²) in [6.07, 6.45) is 2.70. The Morgan fingerprint density at radius 1 is 1.31 bits per heavy atom. The van der Waals surface area contributed by atoms with Crippen molar-refractivity contribution in [3.8, 4) is 10.6 Å². The molecule has 2 N–H and O–H groups in total. The third-order valence-corrected chi connectivity index (χ3v) is 2.65. The Morgan fingerprint density at radius 2 is 2.00 bits per heavy atom. The van der Waals surface area contributed by atoms with E-state index in [1.165, 1.54) is 11.3 Å². The molecule has 0 amide bonds. The molecular formula is C9H6ClN2S. The zero-order chi connectivity index (χ0) is 9.26. The highest BCUT2D eigenvalue weighted by molar-refractivity contribution is 7.18. The maximum absolute atomic E-state index is 5.75. The average Bonchev–Trinajstić information content (AvgIpc) is 2.53. The van der Waals surface area contributed by atoms with Crippen molar-refractivity contribution in [1.29, 1.82) is 0 Å². The fourth-order valence-corrected chi connectivity index (χ4v) is 1.74. The van der Waals surface area contributed by atoms with Crippen LogP contribution in [0.2, 0.25) is 5.02 Å². The van der Waals surface area contributed by atoms with Crippen LogP contribution in [0.4, 0.5) is 5.00 Å². The first-order valence-electron chi connectivity index (χ1n) is 3.65. The molecule has 0 bridgehead atoms. The van der Waals surface area contributed by atoms with Crippen LogP contribution in [0.5, 0.6) is 0 Å². The number of thiazole rings is 1. The molecule has 2 aromatic rings. The lowest BCUT2D eigenvalue weighted by Crippen LogP contribution is -1.73. The number of hydrogen-bond acceptors (Lipinski definition) is 3. The van der Waals surface area contributed by atoms with Gasteiger partial charge in [0.05, 0.1) is 0 Å². The minimum Gasteiger partial charge on any atom is -0.389 e. The van der Waals surface area contributed by atoms with Crippen molar-refractivity contribution in [3.05, 3.63) is 35.5 Å². The summed E-state index contributed by atoms with van der Waals surface area (Å²) in [7, 11) is 0. The van der Waals surface area contributed by atoms with Crippen molar-refractivity contribution < 1.29 is 0 Å². The van der Waals surface area contributed by atoms with E-state index >= 15 is 0 Å². The van der Waals surface area contributed by atoms with Crippen LogP contribution in [0.25, 0.3) is 10.6 Å². The number of anilines is 1. The Bertz CT molecular complexity index is 408. The van der Waals surface area contributed by atoms with Gasteiger partial charge in [-0.25, -0.2) is 4.98 Å². The average molecular weight is 210 g/mol. The maximum atomic E-state index is 5.75. The van der Waals surface area contributed by atoms with E-state index in [0.29, 0.717) is 5.00 Å². The van der Waals surface area contributed by atoms with Crippen LogP contribution in [0.15, 0.2) is 24.3 Å². The fraction of sp³-hybridized carbons (Fsp3) is 0. The predicted octanol–water partition coefficient (Wildman–Crippen LogP) is 2.85. The molecule has 0 fully saturated rings. The second-order valence-corrected chi connectivity index (χ2v) is 3.97. The van der Waals surface area contributed by atoms with E-state index in [-0.39, 0.29) is 0 Å². The van der Waals surface area contributed by atoms with Gasteiger partial charge in [-0.1, -0.05) is 35.1 Å². The molecule has 0 spiro atoms. The summed E-state index contributed by atoms with van der Waals surface area (Å²) >= 11 is 7.17. The molecule has 13 heavy (non-hydrogen) atoms. The Labute approximate surface area is 85.0 Å². The van der Waals surface area contributed by atoms with E-state index in [4.69, 9.17) is 17.3 Å². The summed E-state index contributed by atoms with van der Waals surface area (Å²) in [5.74, 6) is 0. The Hall–Kier alpha value is -1.06. The second kappa shape index (κ2) is 3.36. The standard InChI is InChI=1S/C9H6ClN2S/c10-7-3-1-6(2-4-7)9-12-5-8(11)13-9/h1-4H,11H2. The fourth-order valence-electron chi connectivity index (χ4n) is 0.972. The van der Waals surface area contributed by atoms with Gasteiger partial charge in [0.1, 0.15) is 16.2 Å². The van der Waals surface area contributed by atoms with E-state index < -0.39 is 0 Å². The summed E-state index contributed by atoms with van der Waals surface area (Å²) < 4.78 is 0. The number of nitrogen functional groups attached to an aromatic ring is 1. The SMILES string of the molecule is Nc1[c]nc(-c2ccc(Cl)cc2)s1. The van der Waals surface area contributed by atoms with Gasteiger partial charge in [-0.05, 0) is 12.1 Å². The van der Waals surface area contributed by atoms with Crippen molar-refractivity contribution in [1.82, 2.24) is 4.98 Å². The molecule has 2 rings (SSSR count). The molecule has 1 heterocycles. The summed E-state index contributed by atoms with van der Waals surface area (Å²) in [6.45, 7) is 0. The lowest BCUT2D eigenvalue weighted by Gasteiger charge is -1.94. The van der Waals surface area contributed by atoms with Crippen LogP contribution in [-0.4, -0.2) is 4.98 Å². The molecule has 0 aliphatic heterocycles. The van der Waals surface area contributed by atoms with E-state index in [1.54, 1.807) is 0 Å². The van der Waals surface area contributed by atoms with E-state index in [1.807, 2.05) is 24.3 Å². The van der Waals surface area contributed by atoms with E-state index in [0.717, 1.165) is 15.6 Å². The molecule has 0 saturated carbocycles. The van der Waals surface area contributed by atoms with Crippen molar-refractivity contribution in [2.45, 2.75) is 0 Å². The summed E-state index contributed by atoms with van der Waals surface area (Å²) in [6, 6.07) is 7.48. The Kier molecular flexibility index (Phi) is 2.20. The summed E-state index contributed by atoms with van der Waals surface area (Å²) in [4.78, 5) is 4.04. The minimum atomic E-state index is 0.602. The monoisotopic (exact) mass is 209 g/mol. The third kappa shape index (κ3) is 1.82. The first-order chi connectivity index (χ1) is 6.25. The molecule has 65 valence electrons. The largest absolute Gasteiger partial charge is 0.389 e. The number of hydrogen-bond donors (Lipinski definition) is 1. The number of aromatic nitrogens is 1. The molecular weight excluding hydrogens is 204 g/mol. The Morgan fingerprint density at radius 3 is 2.54 bits per heavy atom. The lowest BCUT2D eigenvalue weighted by atomic mass is 10.2. The van der Waals surface area contributed by atoms with Gasteiger partial charge >= 0.3 is 0 Å². The Balaban J connectivity index is 2.41. The number of halogens is 1. The van der Waals surface area contributed by atoms with Crippen LogP contribution >= 0.6 is 22.9 Å². The van der Waals surface area contributed by atoms with Gasteiger partial charge in [-0.2, -0.15) is 0 Å².